The molecule has 0 radical (unpaired) electrons. The zero-order valence-corrected chi connectivity index (χ0v) is 6.82. The SMILES string of the molecule is CO[C@H]1CCN[C@@H](C(F)(F)F)C1. The van der Waals surface area contributed by atoms with Crippen LogP contribution >= 0.6 is 0 Å². The van der Waals surface area contributed by atoms with E-state index in [1.807, 2.05) is 0 Å². The Bertz CT molecular complexity index is 148. The van der Waals surface area contributed by atoms with Gasteiger partial charge in [0.1, 0.15) is 6.04 Å². The van der Waals surface area contributed by atoms with E-state index < -0.39 is 12.2 Å². The van der Waals surface area contributed by atoms with Crippen LogP contribution in [0.4, 0.5) is 13.2 Å². The molecule has 0 amide bonds. The summed E-state index contributed by atoms with van der Waals surface area (Å²) in [5, 5.41) is 2.42. The van der Waals surface area contributed by atoms with Gasteiger partial charge in [0.25, 0.3) is 0 Å². The minimum atomic E-state index is -4.14. The minimum Gasteiger partial charge on any atom is -0.381 e. The Morgan fingerprint density at radius 2 is 2.08 bits per heavy atom. The number of methoxy groups -OCH3 is 1. The van der Waals surface area contributed by atoms with Crippen molar-refractivity contribution in [2.45, 2.75) is 31.2 Å². The van der Waals surface area contributed by atoms with E-state index in [9.17, 15) is 13.2 Å². The molecule has 1 saturated heterocycles. The van der Waals surface area contributed by atoms with Crippen LogP contribution in [0.15, 0.2) is 0 Å². The first-order chi connectivity index (χ1) is 5.54. The molecule has 0 aromatic heterocycles. The van der Waals surface area contributed by atoms with E-state index in [2.05, 4.69) is 5.32 Å². The number of rotatable bonds is 1. The summed E-state index contributed by atoms with van der Waals surface area (Å²) in [7, 11) is 1.45. The lowest BCUT2D eigenvalue weighted by Gasteiger charge is -2.30. The van der Waals surface area contributed by atoms with Gasteiger partial charge in [0, 0.05) is 7.11 Å². The van der Waals surface area contributed by atoms with Crippen molar-refractivity contribution in [3.63, 3.8) is 0 Å². The molecular formula is C7H12F3NO. The summed E-state index contributed by atoms with van der Waals surface area (Å²) in [6.07, 6.45) is -3.71. The predicted octanol–water partition coefficient (Wildman–Crippen LogP) is 1.32. The van der Waals surface area contributed by atoms with Gasteiger partial charge in [-0.25, -0.2) is 0 Å². The van der Waals surface area contributed by atoms with Crippen LogP contribution in [-0.2, 0) is 4.74 Å². The van der Waals surface area contributed by atoms with E-state index in [1.165, 1.54) is 7.11 Å². The summed E-state index contributed by atoms with van der Waals surface area (Å²) >= 11 is 0. The molecule has 2 atom stereocenters. The summed E-state index contributed by atoms with van der Waals surface area (Å²) in [5.74, 6) is 0. The lowest BCUT2D eigenvalue weighted by Crippen LogP contribution is -2.49. The Hall–Kier alpha value is -0.290. The Labute approximate surface area is 69.1 Å². The molecule has 0 spiro atoms. The highest BCUT2D eigenvalue weighted by Gasteiger charge is 2.42. The summed E-state index contributed by atoms with van der Waals surface area (Å²) in [5.41, 5.74) is 0. The zero-order chi connectivity index (χ0) is 9.19. The highest BCUT2D eigenvalue weighted by atomic mass is 19.4. The minimum absolute atomic E-state index is 0.0278. The molecule has 0 bridgehead atoms. The van der Waals surface area contributed by atoms with Gasteiger partial charge in [-0.2, -0.15) is 13.2 Å². The fourth-order valence-corrected chi connectivity index (χ4v) is 1.35. The molecule has 0 aromatic carbocycles. The van der Waals surface area contributed by atoms with E-state index >= 15 is 0 Å². The van der Waals surface area contributed by atoms with Gasteiger partial charge < -0.3 is 10.1 Å². The number of piperidine rings is 1. The second-order valence-corrected chi connectivity index (χ2v) is 2.93. The lowest BCUT2D eigenvalue weighted by atomic mass is 10.0. The molecule has 1 N–H and O–H groups in total. The van der Waals surface area contributed by atoms with E-state index in [-0.39, 0.29) is 12.5 Å². The molecule has 1 aliphatic heterocycles. The highest BCUT2D eigenvalue weighted by molar-refractivity contribution is 4.83. The Morgan fingerprint density at radius 3 is 2.58 bits per heavy atom. The van der Waals surface area contributed by atoms with Crippen molar-refractivity contribution < 1.29 is 17.9 Å². The fourth-order valence-electron chi connectivity index (χ4n) is 1.35. The summed E-state index contributed by atoms with van der Waals surface area (Å²) in [4.78, 5) is 0. The maximum absolute atomic E-state index is 12.1. The number of hydrogen-bond donors (Lipinski definition) is 1. The number of halogens is 3. The van der Waals surface area contributed by atoms with Crippen LogP contribution in [-0.4, -0.2) is 32.0 Å². The molecular weight excluding hydrogens is 171 g/mol. The second-order valence-electron chi connectivity index (χ2n) is 2.93. The molecule has 0 aliphatic carbocycles. The monoisotopic (exact) mass is 183 g/mol. The first-order valence-electron chi connectivity index (χ1n) is 3.87. The summed E-state index contributed by atoms with van der Waals surface area (Å²) in [6.45, 7) is 0.378. The normalized spacial score (nSPS) is 32.0. The van der Waals surface area contributed by atoms with Crippen molar-refractivity contribution in [3.05, 3.63) is 0 Å². The van der Waals surface area contributed by atoms with E-state index in [1.54, 1.807) is 0 Å². The van der Waals surface area contributed by atoms with Crippen LogP contribution in [0.25, 0.3) is 0 Å². The molecule has 12 heavy (non-hydrogen) atoms. The van der Waals surface area contributed by atoms with Crippen LogP contribution in [0.1, 0.15) is 12.8 Å². The molecule has 72 valence electrons. The lowest BCUT2D eigenvalue weighted by molar-refractivity contribution is -0.168. The van der Waals surface area contributed by atoms with Crippen LogP contribution in [0, 0.1) is 0 Å². The standard InChI is InChI=1S/C7H12F3NO/c1-12-5-2-3-11-6(4-5)7(8,9)10/h5-6,11H,2-4H2,1H3/t5-,6+/m0/s1. The van der Waals surface area contributed by atoms with Gasteiger partial charge in [-0.05, 0) is 19.4 Å². The molecule has 0 aromatic rings. The molecule has 2 nitrogen and oxygen atoms in total. The van der Waals surface area contributed by atoms with Crippen molar-refractivity contribution in [1.29, 1.82) is 0 Å². The molecule has 1 fully saturated rings. The van der Waals surface area contributed by atoms with E-state index in [0.717, 1.165) is 0 Å². The van der Waals surface area contributed by atoms with Crippen LogP contribution in [0.2, 0.25) is 0 Å². The quantitative estimate of drug-likeness (QED) is 0.661. The van der Waals surface area contributed by atoms with Gasteiger partial charge in [-0.15, -0.1) is 0 Å². The average molecular weight is 183 g/mol. The van der Waals surface area contributed by atoms with Crippen LogP contribution < -0.4 is 5.32 Å². The predicted molar refractivity (Wildman–Crippen MR) is 37.9 cm³/mol. The molecule has 5 heteroatoms. The Balaban J connectivity index is 2.46. The first kappa shape index (κ1) is 9.80. The van der Waals surface area contributed by atoms with Crippen LogP contribution in [0.5, 0.6) is 0 Å². The first-order valence-corrected chi connectivity index (χ1v) is 3.87. The van der Waals surface area contributed by atoms with Gasteiger partial charge in [-0.3, -0.25) is 0 Å². The van der Waals surface area contributed by atoms with Crippen molar-refractivity contribution >= 4 is 0 Å². The van der Waals surface area contributed by atoms with Crippen molar-refractivity contribution in [1.82, 2.24) is 5.32 Å². The van der Waals surface area contributed by atoms with Crippen molar-refractivity contribution in [2.75, 3.05) is 13.7 Å². The molecule has 0 saturated carbocycles. The van der Waals surface area contributed by atoms with Crippen molar-refractivity contribution in [3.8, 4) is 0 Å². The topological polar surface area (TPSA) is 21.3 Å². The number of ether oxygens (including phenoxy) is 1. The molecule has 0 unspecified atom stereocenters. The maximum Gasteiger partial charge on any atom is 0.403 e. The maximum atomic E-state index is 12.1. The molecule has 1 heterocycles. The summed E-state index contributed by atoms with van der Waals surface area (Å²) in [6, 6.07) is -1.39. The number of alkyl halides is 3. The van der Waals surface area contributed by atoms with Gasteiger partial charge >= 0.3 is 6.18 Å². The van der Waals surface area contributed by atoms with Gasteiger partial charge in [0.2, 0.25) is 0 Å². The molecule has 1 aliphatic rings. The third kappa shape index (κ3) is 2.35. The number of nitrogens with one attached hydrogen (secondary N) is 1. The molecule has 1 rings (SSSR count). The van der Waals surface area contributed by atoms with Gasteiger partial charge in [-0.1, -0.05) is 0 Å². The Morgan fingerprint density at radius 1 is 1.42 bits per heavy atom. The van der Waals surface area contributed by atoms with E-state index in [0.29, 0.717) is 13.0 Å². The fraction of sp³-hybridized carbons (Fsp3) is 1.00. The second kappa shape index (κ2) is 3.62. The van der Waals surface area contributed by atoms with E-state index in [4.69, 9.17) is 4.74 Å². The number of hydrogen-bond acceptors (Lipinski definition) is 2. The van der Waals surface area contributed by atoms with Gasteiger partial charge in [0.05, 0.1) is 6.10 Å². The Kier molecular flexibility index (Phi) is 2.95. The van der Waals surface area contributed by atoms with Crippen molar-refractivity contribution in [2.24, 2.45) is 0 Å². The zero-order valence-electron chi connectivity index (χ0n) is 6.82. The highest BCUT2D eigenvalue weighted by Crippen LogP contribution is 2.26. The average Bonchev–Trinajstić information content (AvgIpc) is 2.03. The van der Waals surface area contributed by atoms with Gasteiger partial charge in [0.15, 0.2) is 0 Å². The smallest absolute Gasteiger partial charge is 0.381 e. The third-order valence-electron chi connectivity index (χ3n) is 2.08. The summed E-state index contributed by atoms with van der Waals surface area (Å²) < 4.78 is 41.3. The largest absolute Gasteiger partial charge is 0.403 e. The van der Waals surface area contributed by atoms with Crippen LogP contribution in [0.3, 0.4) is 0 Å². The third-order valence-corrected chi connectivity index (χ3v) is 2.08.